The van der Waals surface area contributed by atoms with E-state index in [4.69, 9.17) is 9.47 Å². The van der Waals surface area contributed by atoms with Crippen molar-refractivity contribution < 1.29 is 27.8 Å². The predicted molar refractivity (Wildman–Crippen MR) is 113 cm³/mol. The molecule has 7 heteroatoms. The average molecular weight is 438 g/mol. The Hall–Kier alpha value is -2.09. The van der Waals surface area contributed by atoms with Gasteiger partial charge < -0.3 is 14.6 Å². The number of aliphatic hydroxyl groups is 1. The normalized spacial score (nSPS) is 17.0. The third-order valence-corrected chi connectivity index (χ3v) is 6.22. The number of halogens is 3. The summed E-state index contributed by atoms with van der Waals surface area (Å²) in [6, 6.07) is 8.93. The lowest BCUT2D eigenvalue weighted by atomic mass is 9.84. The quantitative estimate of drug-likeness (QED) is 0.630. The number of nitrogens with zero attached hydrogens (tertiary/aromatic N) is 1. The fourth-order valence-corrected chi connectivity index (χ4v) is 3.99. The van der Waals surface area contributed by atoms with Crippen LogP contribution < -0.4 is 4.74 Å². The largest absolute Gasteiger partial charge is 0.491 e. The van der Waals surface area contributed by atoms with E-state index >= 15 is 0 Å². The highest BCUT2D eigenvalue weighted by Gasteiger charge is 2.35. The van der Waals surface area contributed by atoms with Crippen LogP contribution in [0.1, 0.15) is 40.7 Å². The van der Waals surface area contributed by atoms with Gasteiger partial charge in [-0.25, -0.2) is 0 Å². The summed E-state index contributed by atoms with van der Waals surface area (Å²) in [7, 11) is 1.64. The Morgan fingerprint density at radius 3 is 2.19 bits per heavy atom. The van der Waals surface area contributed by atoms with Gasteiger partial charge in [0.25, 0.3) is 0 Å². The smallest absolute Gasteiger partial charge is 0.416 e. The van der Waals surface area contributed by atoms with Gasteiger partial charge in [-0.1, -0.05) is 18.2 Å². The second kappa shape index (κ2) is 9.59. The van der Waals surface area contributed by atoms with E-state index in [-0.39, 0.29) is 0 Å². The molecule has 1 aliphatic rings. The number of piperidine rings is 1. The van der Waals surface area contributed by atoms with E-state index in [1.807, 2.05) is 13.0 Å². The molecule has 2 aromatic carbocycles. The molecule has 0 unspecified atom stereocenters. The minimum atomic E-state index is -4.37. The molecule has 1 aliphatic heterocycles. The summed E-state index contributed by atoms with van der Waals surface area (Å²) in [4.78, 5) is 2.27. The number of hydrogen-bond acceptors (Lipinski definition) is 4. The summed E-state index contributed by atoms with van der Waals surface area (Å²) in [6.45, 7) is 7.26. The van der Waals surface area contributed by atoms with Crippen LogP contribution in [0.2, 0.25) is 0 Å². The van der Waals surface area contributed by atoms with Crippen LogP contribution in [0.25, 0.3) is 0 Å². The molecular weight excluding hydrogens is 407 g/mol. The van der Waals surface area contributed by atoms with Crippen LogP contribution in [0.5, 0.6) is 5.75 Å². The summed E-state index contributed by atoms with van der Waals surface area (Å²) in [5.74, 6) is 0.855. The molecule has 1 N–H and O–H groups in total. The molecule has 0 radical (unpaired) electrons. The predicted octanol–water partition coefficient (Wildman–Crippen LogP) is 4.83. The van der Waals surface area contributed by atoms with Crippen LogP contribution in [0.15, 0.2) is 36.4 Å². The maximum absolute atomic E-state index is 12.8. The highest BCUT2D eigenvalue weighted by Crippen LogP contribution is 2.36. The standard InChI is InChI=1S/C24H30F3NO3/c1-17-18(2)22(31-15-14-30-3)9-4-19(17)16-28-12-10-23(29,11-13-28)20-5-7-21(8-6-20)24(25,26)27/h4-9,29H,10-16H2,1-3H3. The van der Waals surface area contributed by atoms with Gasteiger partial charge in [0.15, 0.2) is 0 Å². The van der Waals surface area contributed by atoms with Crippen LogP contribution in [-0.2, 0) is 23.1 Å². The molecule has 0 amide bonds. The Balaban J connectivity index is 1.61. The molecule has 1 saturated heterocycles. The monoisotopic (exact) mass is 437 g/mol. The first-order valence-corrected chi connectivity index (χ1v) is 10.5. The third-order valence-electron chi connectivity index (χ3n) is 6.22. The maximum atomic E-state index is 12.8. The van der Waals surface area contributed by atoms with Crippen molar-refractivity contribution in [2.75, 3.05) is 33.4 Å². The third kappa shape index (κ3) is 5.59. The van der Waals surface area contributed by atoms with Gasteiger partial charge in [-0.2, -0.15) is 13.2 Å². The Labute approximate surface area is 181 Å². The summed E-state index contributed by atoms with van der Waals surface area (Å²) in [5, 5.41) is 11.0. The highest BCUT2D eigenvalue weighted by molar-refractivity contribution is 5.43. The Morgan fingerprint density at radius 2 is 1.61 bits per heavy atom. The Bertz CT molecular complexity index is 873. The Morgan fingerprint density at radius 1 is 0.968 bits per heavy atom. The van der Waals surface area contributed by atoms with Gasteiger partial charge in [-0.3, -0.25) is 4.90 Å². The SMILES string of the molecule is COCCOc1ccc(CN2CCC(O)(c3ccc(C(F)(F)F)cc3)CC2)c(C)c1C. The average Bonchev–Trinajstić information content (AvgIpc) is 2.74. The van der Waals surface area contributed by atoms with Crippen molar-refractivity contribution in [3.8, 4) is 5.75 Å². The number of rotatable bonds is 7. The topological polar surface area (TPSA) is 41.9 Å². The van der Waals surface area contributed by atoms with Crippen molar-refractivity contribution in [1.29, 1.82) is 0 Å². The second-order valence-electron chi connectivity index (χ2n) is 8.20. The molecule has 2 aromatic rings. The molecule has 3 rings (SSSR count). The molecule has 4 nitrogen and oxygen atoms in total. The molecule has 31 heavy (non-hydrogen) atoms. The van der Waals surface area contributed by atoms with E-state index in [1.165, 1.54) is 23.3 Å². The van der Waals surface area contributed by atoms with Crippen molar-refractivity contribution in [2.24, 2.45) is 0 Å². The van der Waals surface area contributed by atoms with Crippen molar-refractivity contribution in [3.63, 3.8) is 0 Å². The van der Waals surface area contributed by atoms with Gasteiger partial charge in [-0.05, 0) is 67.1 Å². The lowest BCUT2D eigenvalue weighted by Gasteiger charge is -2.39. The number of likely N-dealkylation sites (tertiary alicyclic amines) is 1. The van der Waals surface area contributed by atoms with Crippen LogP contribution in [-0.4, -0.2) is 43.4 Å². The van der Waals surface area contributed by atoms with E-state index in [0.29, 0.717) is 44.7 Å². The van der Waals surface area contributed by atoms with Crippen LogP contribution in [0.3, 0.4) is 0 Å². The highest BCUT2D eigenvalue weighted by atomic mass is 19.4. The van der Waals surface area contributed by atoms with E-state index in [2.05, 4.69) is 17.9 Å². The summed E-state index contributed by atoms with van der Waals surface area (Å²) >= 11 is 0. The van der Waals surface area contributed by atoms with Crippen LogP contribution >= 0.6 is 0 Å². The first kappa shape index (κ1) is 23.6. The zero-order valence-corrected chi connectivity index (χ0v) is 18.3. The zero-order valence-electron chi connectivity index (χ0n) is 18.3. The van der Waals surface area contributed by atoms with Gasteiger partial charge in [0.2, 0.25) is 0 Å². The van der Waals surface area contributed by atoms with Crippen LogP contribution in [0, 0.1) is 13.8 Å². The van der Waals surface area contributed by atoms with E-state index < -0.39 is 17.3 Å². The molecule has 170 valence electrons. The maximum Gasteiger partial charge on any atom is 0.416 e. The molecule has 0 bridgehead atoms. The van der Waals surface area contributed by atoms with Crippen molar-refractivity contribution >= 4 is 0 Å². The molecule has 1 fully saturated rings. The number of hydrogen-bond donors (Lipinski definition) is 1. The molecule has 0 saturated carbocycles. The lowest BCUT2D eigenvalue weighted by molar-refractivity contribution is -0.137. The number of alkyl halides is 3. The minimum absolute atomic E-state index is 0.481. The van der Waals surface area contributed by atoms with Gasteiger partial charge in [0, 0.05) is 26.7 Å². The molecular formula is C24H30F3NO3. The van der Waals surface area contributed by atoms with E-state index in [9.17, 15) is 18.3 Å². The molecule has 1 heterocycles. The van der Waals surface area contributed by atoms with Gasteiger partial charge in [0.1, 0.15) is 12.4 Å². The van der Waals surface area contributed by atoms with Gasteiger partial charge in [-0.15, -0.1) is 0 Å². The summed E-state index contributed by atoms with van der Waals surface area (Å²) in [5.41, 5.74) is 2.24. The molecule has 0 spiro atoms. The first-order chi connectivity index (χ1) is 14.6. The molecule has 0 aromatic heterocycles. The lowest BCUT2D eigenvalue weighted by Crippen LogP contribution is -2.42. The van der Waals surface area contributed by atoms with Crippen molar-refractivity contribution in [3.05, 3.63) is 64.2 Å². The Kier molecular flexibility index (Phi) is 7.29. The first-order valence-electron chi connectivity index (χ1n) is 10.5. The molecule has 0 aliphatic carbocycles. The second-order valence-corrected chi connectivity index (χ2v) is 8.20. The number of ether oxygens (including phenoxy) is 2. The van der Waals surface area contributed by atoms with E-state index in [0.717, 1.165) is 30.0 Å². The fourth-order valence-electron chi connectivity index (χ4n) is 3.99. The van der Waals surface area contributed by atoms with Crippen LogP contribution in [0.4, 0.5) is 13.2 Å². The van der Waals surface area contributed by atoms with E-state index in [1.54, 1.807) is 7.11 Å². The zero-order chi connectivity index (χ0) is 22.6. The summed E-state index contributed by atoms with van der Waals surface area (Å²) < 4.78 is 49.2. The number of benzene rings is 2. The summed E-state index contributed by atoms with van der Waals surface area (Å²) in [6.07, 6.45) is -3.41. The number of methoxy groups -OCH3 is 1. The van der Waals surface area contributed by atoms with Crippen molar-refractivity contribution in [2.45, 2.75) is 45.0 Å². The van der Waals surface area contributed by atoms with Gasteiger partial charge in [0.05, 0.1) is 17.8 Å². The fraction of sp³-hybridized carbons (Fsp3) is 0.500. The van der Waals surface area contributed by atoms with Gasteiger partial charge >= 0.3 is 6.18 Å². The van der Waals surface area contributed by atoms with Crippen molar-refractivity contribution in [1.82, 2.24) is 4.90 Å². The molecule has 0 atom stereocenters. The minimum Gasteiger partial charge on any atom is -0.491 e.